The fraction of sp³-hybridized carbons (Fsp3) is 0.926. The van der Waals surface area contributed by atoms with Gasteiger partial charge in [0.25, 0.3) is 0 Å². The van der Waals surface area contributed by atoms with Crippen LogP contribution in [0.25, 0.3) is 0 Å². The summed E-state index contributed by atoms with van der Waals surface area (Å²) in [5.74, 6) is 1.46. The lowest BCUT2D eigenvalue weighted by atomic mass is 9.43. The number of methoxy groups -OCH3 is 2. The van der Waals surface area contributed by atoms with Crippen LogP contribution in [0.5, 0.6) is 0 Å². The van der Waals surface area contributed by atoms with Crippen LogP contribution in [-0.4, -0.2) is 54.9 Å². The molecule has 4 aliphatic carbocycles. The summed E-state index contributed by atoms with van der Waals surface area (Å²) in [4.78, 5) is 23.4. The predicted octanol–water partition coefficient (Wildman–Crippen LogP) is 4.33. The lowest BCUT2D eigenvalue weighted by molar-refractivity contribution is -0.207. The molecular weight excluding hydrogens is 436 g/mol. The molecular formula is C27H44O7. The molecule has 0 heterocycles. The molecule has 0 aliphatic heterocycles. The normalized spacial score (nSPS) is 46.4. The number of fused-ring (bicyclic) bond motifs is 5. The minimum absolute atomic E-state index is 0.0246. The van der Waals surface area contributed by atoms with E-state index in [1.807, 2.05) is 0 Å². The highest BCUT2D eigenvalue weighted by molar-refractivity contribution is 5.69. The summed E-state index contributed by atoms with van der Waals surface area (Å²) in [6.07, 6.45) is 5.53. The summed E-state index contributed by atoms with van der Waals surface area (Å²) in [5.41, 5.74) is -0.219. The van der Waals surface area contributed by atoms with Gasteiger partial charge in [0.2, 0.25) is 0 Å². The van der Waals surface area contributed by atoms with Gasteiger partial charge in [0, 0.05) is 6.42 Å². The van der Waals surface area contributed by atoms with E-state index < -0.39 is 18.4 Å². The maximum absolute atomic E-state index is 11.7. The van der Waals surface area contributed by atoms with Crippen molar-refractivity contribution in [2.75, 3.05) is 14.2 Å². The third-order valence-electron chi connectivity index (χ3n) is 11.0. The molecule has 0 unspecified atom stereocenters. The summed E-state index contributed by atoms with van der Waals surface area (Å²) >= 11 is 0. The van der Waals surface area contributed by atoms with Crippen LogP contribution in [0.1, 0.15) is 78.6 Å². The molecule has 4 fully saturated rings. The number of aliphatic hydroxyl groups is 2. The topological polar surface area (TPSA) is 102 Å². The van der Waals surface area contributed by atoms with Crippen LogP contribution >= 0.6 is 0 Å². The molecule has 0 aromatic carbocycles. The van der Waals surface area contributed by atoms with E-state index in [1.165, 1.54) is 14.2 Å². The zero-order valence-electron chi connectivity index (χ0n) is 21.5. The first-order valence-electron chi connectivity index (χ1n) is 13.2. The van der Waals surface area contributed by atoms with E-state index in [9.17, 15) is 19.8 Å². The van der Waals surface area contributed by atoms with E-state index in [1.54, 1.807) is 0 Å². The van der Waals surface area contributed by atoms with E-state index in [-0.39, 0.29) is 46.6 Å². The summed E-state index contributed by atoms with van der Waals surface area (Å²) in [6, 6.07) is 0. The molecule has 7 nitrogen and oxygen atoms in total. The van der Waals surface area contributed by atoms with Gasteiger partial charge in [-0.1, -0.05) is 20.8 Å². The molecule has 7 heteroatoms. The lowest BCUT2D eigenvalue weighted by Gasteiger charge is -2.63. The second-order valence-electron chi connectivity index (χ2n) is 12.2. The fourth-order valence-electron chi connectivity index (χ4n) is 9.05. The van der Waals surface area contributed by atoms with Gasteiger partial charge in [-0.25, -0.2) is 4.79 Å². The summed E-state index contributed by atoms with van der Waals surface area (Å²) < 4.78 is 15.0. The zero-order chi connectivity index (χ0) is 24.8. The highest BCUT2D eigenvalue weighted by Crippen LogP contribution is 2.68. The third-order valence-corrected chi connectivity index (χ3v) is 11.0. The first-order chi connectivity index (χ1) is 16.1. The van der Waals surface area contributed by atoms with E-state index in [0.29, 0.717) is 24.7 Å². The van der Waals surface area contributed by atoms with Crippen molar-refractivity contribution in [1.82, 2.24) is 0 Å². The Morgan fingerprint density at radius 3 is 2.41 bits per heavy atom. The molecule has 194 valence electrons. The third kappa shape index (κ3) is 4.15. The van der Waals surface area contributed by atoms with Crippen molar-refractivity contribution in [3.8, 4) is 0 Å². The lowest BCUT2D eigenvalue weighted by Crippen LogP contribution is -2.62. The highest BCUT2D eigenvalue weighted by Gasteiger charge is 2.65. The van der Waals surface area contributed by atoms with Gasteiger partial charge in [-0.15, -0.1) is 0 Å². The van der Waals surface area contributed by atoms with Gasteiger partial charge in [-0.3, -0.25) is 4.79 Å². The van der Waals surface area contributed by atoms with Crippen molar-refractivity contribution in [3.05, 3.63) is 0 Å². The smallest absolute Gasteiger partial charge is 0.469 e. The minimum Gasteiger partial charge on any atom is -0.469 e. The Hall–Kier alpha value is -1.34. The Morgan fingerprint density at radius 2 is 1.74 bits per heavy atom. The van der Waals surface area contributed by atoms with Gasteiger partial charge < -0.3 is 24.4 Å². The first kappa shape index (κ1) is 25.7. The van der Waals surface area contributed by atoms with Gasteiger partial charge in [-0.2, -0.15) is 0 Å². The zero-order valence-corrected chi connectivity index (χ0v) is 21.5. The van der Waals surface area contributed by atoms with Crippen LogP contribution in [0.3, 0.4) is 0 Å². The molecule has 0 amide bonds. The molecule has 4 aliphatic rings. The number of aliphatic hydroxyl groups excluding tert-OH is 2. The van der Waals surface area contributed by atoms with E-state index in [0.717, 1.165) is 44.9 Å². The molecule has 34 heavy (non-hydrogen) atoms. The number of esters is 1. The second-order valence-corrected chi connectivity index (χ2v) is 12.2. The van der Waals surface area contributed by atoms with Gasteiger partial charge in [0.05, 0.1) is 26.4 Å². The molecule has 0 saturated heterocycles. The van der Waals surface area contributed by atoms with Crippen LogP contribution in [0.15, 0.2) is 0 Å². The molecule has 2 N–H and O–H groups in total. The van der Waals surface area contributed by atoms with Crippen molar-refractivity contribution in [2.45, 2.75) is 96.9 Å². The van der Waals surface area contributed by atoms with Crippen molar-refractivity contribution >= 4 is 12.1 Å². The molecule has 0 spiro atoms. The Morgan fingerprint density at radius 1 is 1.00 bits per heavy atom. The number of rotatable bonds is 5. The monoisotopic (exact) mass is 480 g/mol. The van der Waals surface area contributed by atoms with Crippen LogP contribution in [0.4, 0.5) is 4.79 Å². The van der Waals surface area contributed by atoms with E-state index >= 15 is 0 Å². The SMILES string of the molecule is COC(=O)CC[C@H](C)[C@@H]1CC[C@@H]2[C@@H]3[C@H](O)C[C@@H]4C[C@H](OC(=O)OC)CC[C@]4(C)[C@@H]3C[C@H](O)[C@@]21C. The number of ether oxygens (including phenoxy) is 3. The van der Waals surface area contributed by atoms with Crippen molar-refractivity contribution in [2.24, 2.45) is 46.3 Å². The molecule has 0 bridgehead atoms. The summed E-state index contributed by atoms with van der Waals surface area (Å²) in [7, 11) is 2.76. The average molecular weight is 481 g/mol. The van der Waals surface area contributed by atoms with Gasteiger partial charge in [-0.05, 0) is 97.7 Å². The average Bonchev–Trinajstić information content (AvgIpc) is 3.17. The van der Waals surface area contributed by atoms with Gasteiger partial charge in [0.1, 0.15) is 6.10 Å². The molecule has 11 atom stereocenters. The van der Waals surface area contributed by atoms with Crippen molar-refractivity contribution in [1.29, 1.82) is 0 Å². The quantitative estimate of drug-likeness (QED) is 0.565. The first-order valence-corrected chi connectivity index (χ1v) is 13.2. The summed E-state index contributed by atoms with van der Waals surface area (Å²) in [5, 5.41) is 23.1. The Kier molecular flexibility index (Phi) is 7.27. The van der Waals surface area contributed by atoms with Gasteiger partial charge in [0.15, 0.2) is 0 Å². The number of carbonyl (C=O) groups is 2. The summed E-state index contributed by atoms with van der Waals surface area (Å²) in [6.45, 7) is 6.79. The van der Waals surface area contributed by atoms with Gasteiger partial charge >= 0.3 is 12.1 Å². The number of carbonyl (C=O) groups excluding carboxylic acids is 2. The Bertz CT molecular complexity index is 770. The maximum Gasteiger partial charge on any atom is 0.508 e. The number of hydrogen-bond acceptors (Lipinski definition) is 7. The second kappa shape index (κ2) is 9.61. The molecule has 0 radical (unpaired) electrons. The van der Waals surface area contributed by atoms with E-state index in [2.05, 4.69) is 20.8 Å². The fourth-order valence-corrected chi connectivity index (χ4v) is 9.05. The van der Waals surface area contributed by atoms with Crippen molar-refractivity contribution in [3.63, 3.8) is 0 Å². The predicted molar refractivity (Wildman–Crippen MR) is 126 cm³/mol. The maximum atomic E-state index is 11.7. The van der Waals surface area contributed by atoms with Crippen LogP contribution < -0.4 is 0 Å². The minimum atomic E-state index is -0.634. The molecule has 0 aromatic heterocycles. The Labute approximate surface area is 203 Å². The number of hydrogen-bond donors (Lipinski definition) is 2. The Balaban J connectivity index is 1.53. The molecule has 4 saturated carbocycles. The van der Waals surface area contributed by atoms with Crippen LogP contribution in [0.2, 0.25) is 0 Å². The standard InChI is InChI=1S/C27H44O7/c1-15(6-9-23(30)32-4)18-7-8-19-24-20(14-22(29)27(18,19)3)26(2)11-10-17(34-25(31)33-5)12-16(26)13-21(24)28/h15-22,24,28-29H,6-14H2,1-5H3/t15-,16-,17+,18-,19+,20+,21+,22-,24-,26-,27+/m0/s1. The largest absolute Gasteiger partial charge is 0.508 e. The van der Waals surface area contributed by atoms with E-state index in [4.69, 9.17) is 14.2 Å². The molecule has 0 aromatic rings. The van der Waals surface area contributed by atoms with Crippen LogP contribution in [-0.2, 0) is 19.0 Å². The van der Waals surface area contributed by atoms with Crippen LogP contribution in [0, 0.1) is 46.3 Å². The molecule has 4 rings (SSSR count). The van der Waals surface area contributed by atoms with Crippen molar-refractivity contribution < 1.29 is 34.0 Å². The highest BCUT2D eigenvalue weighted by atomic mass is 16.7.